The lowest BCUT2D eigenvalue weighted by Crippen LogP contribution is -2.30. The third-order valence-electron chi connectivity index (χ3n) is 2.96. The van der Waals surface area contributed by atoms with Crippen molar-refractivity contribution in [3.63, 3.8) is 0 Å². The minimum absolute atomic E-state index is 0.0373. The Bertz CT molecular complexity index is 579. The van der Waals surface area contributed by atoms with Crippen molar-refractivity contribution in [1.29, 1.82) is 0 Å². The topological polar surface area (TPSA) is 50.7 Å². The van der Waals surface area contributed by atoms with Crippen molar-refractivity contribution in [2.24, 2.45) is 11.0 Å². The van der Waals surface area contributed by atoms with Crippen LogP contribution in [0.1, 0.15) is 18.9 Å². The number of rotatable bonds is 4. The van der Waals surface area contributed by atoms with Crippen LogP contribution in [0.3, 0.4) is 0 Å². The zero-order chi connectivity index (χ0) is 14.4. The van der Waals surface area contributed by atoms with Gasteiger partial charge in [0.15, 0.2) is 0 Å². The largest absolute Gasteiger partial charge is 0.481 e. The minimum atomic E-state index is -0.0373. The van der Waals surface area contributed by atoms with E-state index in [0.29, 0.717) is 6.42 Å². The van der Waals surface area contributed by atoms with E-state index >= 15 is 0 Å². The van der Waals surface area contributed by atoms with Crippen molar-refractivity contribution < 1.29 is 9.53 Å². The third-order valence-corrected chi connectivity index (χ3v) is 2.96. The Morgan fingerprint density at radius 1 is 1.45 bits per heavy atom. The molecule has 1 aliphatic heterocycles. The molecule has 102 valence electrons. The summed E-state index contributed by atoms with van der Waals surface area (Å²) in [6.07, 6.45) is 9.48. The fourth-order valence-electron chi connectivity index (χ4n) is 1.85. The highest BCUT2D eigenvalue weighted by Gasteiger charge is 2.17. The van der Waals surface area contributed by atoms with Gasteiger partial charge in [-0.2, -0.15) is 5.10 Å². The van der Waals surface area contributed by atoms with Crippen LogP contribution in [0.2, 0.25) is 0 Å². The highest BCUT2D eigenvalue weighted by molar-refractivity contribution is 6.03. The van der Waals surface area contributed by atoms with Gasteiger partial charge in [0.2, 0.25) is 5.91 Å². The Labute approximate surface area is 118 Å². The summed E-state index contributed by atoms with van der Waals surface area (Å²) in [7, 11) is 0. The smallest absolute Gasteiger partial charge is 0.240 e. The third kappa shape index (κ3) is 3.72. The fraction of sp³-hybridized carbons (Fsp3) is 0.250. The van der Waals surface area contributed by atoms with Crippen LogP contribution in [-0.4, -0.2) is 18.2 Å². The lowest BCUT2D eigenvalue weighted by atomic mass is 9.99. The fourth-order valence-corrected chi connectivity index (χ4v) is 1.85. The molecule has 1 aromatic carbocycles. The first-order valence-corrected chi connectivity index (χ1v) is 6.40. The molecule has 1 amide bonds. The van der Waals surface area contributed by atoms with E-state index in [2.05, 4.69) is 16.4 Å². The molecule has 0 saturated heterocycles. The average Bonchev–Trinajstić information content (AvgIpc) is 2.45. The molecule has 20 heavy (non-hydrogen) atoms. The van der Waals surface area contributed by atoms with E-state index < -0.39 is 0 Å². The van der Waals surface area contributed by atoms with E-state index in [-0.39, 0.29) is 18.4 Å². The maximum Gasteiger partial charge on any atom is 0.240 e. The zero-order valence-corrected chi connectivity index (χ0v) is 11.3. The number of carbonyl (C=O) groups excluding carboxylic acids is 1. The van der Waals surface area contributed by atoms with Crippen LogP contribution >= 0.6 is 0 Å². The van der Waals surface area contributed by atoms with Crippen molar-refractivity contribution in [2.75, 3.05) is 6.61 Å². The van der Waals surface area contributed by atoms with Gasteiger partial charge in [-0.1, -0.05) is 31.1 Å². The second kappa shape index (κ2) is 6.58. The van der Waals surface area contributed by atoms with E-state index in [9.17, 15) is 4.79 Å². The van der Waals surface area contributed by atoms with E-state index in [1.54, 1.807) is 0 Å². The van der Waals surface area contributed by atoms with E-state index in [1.165, 1.54) is 0 Å². The molecule has 0 aromatic heterocycles. The van der Waals surface area contributed by atoms with Gasteiger partial charge in [0.25, 0.3) is 0 Å². The lowest BCUT2D eigenvalue weighted by Gasteiger charge is -2.16. The zero-order valence-electron chi connectivity index (χ0n) is 11.3. The molecule has 4 nitrogen and oxygen atoms in total. The second-order valence-corrected chi connectivity index (χ2v) is 4.57. The summed E-state index contributed by atoms with van der Waals surface area (Å²) in [5.74, 6) is 3.27. The Kier molecular flexibility index (Phi) is 4.56. The number of carbonyl (C=O) groups is 1. The molecular formula is C16H16N2O2. The van der Waals surface area contributed by atoms with Gasteiger partial charge in [-0.05, 0) is 23.8 Å². The van der Waals surface area contributed by atoms with Crippen molar-refractivity contribution in [2.45, 2.75) is 13.3 Å². The number of hydrogen-bond acceptors (Lipinski definition) is 3. The van der Waals surface area contributed by atoms with Gasteiger partial charge in [-0.15, -0.1) is 6.42 Å². The standard InChI is InChI=1S/C16H16N2O2/c1-3-10-20-14-7-4-13(5-8-14)6-9-15-12(2)11-16(19)18-17-15/h1,4-9,12H,10-11H2,2H3,(H,18,19). The summed E-state index contributed by atoms with van der Waals surface area (Å²) in [5.41, 5.74) is 4.39. The maximum atomic E-state index is 11.1. The first-order valence-electron chi connectivity index (χ1n) is 6.40. The molecule has 1 heterocycles. The molecule has 4 heteroatoms. The van der Waals surface area contributed by atoms with Crippen molar-refractivity contribution >= 4 is 17.7 Å². The van der Waals surface area contributed by atoms with Gasteiger partial charge in [0, 0.05) is 12.3 Å². The Balaban J connectivity index is 2.01. The summed E-state index contributed by atoms with van der Waals surface area (Å²) in [5, 5.41) is 4.05. The number of hydrogen-bond donors (Lipinski definition) is 1. The van der Waals surface area contributed by atoms with Gasteiger partial charge in [-0.3, -0.25) is 4.79 Å². The number of benzene rings is 1. The number of allylic oxidation sites excluding steroid dienone is 1. The van der Waals surface area contributed by atoms with E-state index in [4.69, 9.17) is 11.2 Å². The quantitative estimate of drug-likeness (QED) is 0.851. The number of terminal acetylenes is 1. The summed E-state index contributed by atoms with van der Waals surface area (Å²) in [6, 6.07) is 7.61. The van der Waals surface area contributed by atoms with Gasteiger partial charge in [0.05, 0.1) is 5.71 Å². The predicted molar refractivity (Wildman–Crippen MR) is 79.2 cm³/mol. The van der Waals surface area contributed by atoms with E-state index in [0.717, 1.165) is 17.0 Å². The molecule has 1 atom stereocenters. The Hall–Kier alpha value is -2.54. The maximum absolute atomic E-state index is 11.1. The van der Waals surface area contributed by atoms with Gasteiger partial charge in [0.1, 0.15) is 12.4 Å². The Morgan fingerprint density at radius 2 is 2.20 bits per heavy atom. The van der Waals surface area contributed by atoms with Crippen LogP contribution in [0, 0.1) is 18.3 Å². The van der Waals surface area contributed by atoms with Gasteiger partial charge in [-0.25, -0.2) is 5.43 Å². The van der Waals surface area contributed by atoms with E-state index in [1.807, 2.05) is 43.3 Å². The van der Waals surface area contributed by atoms with Crippen LogP contribution < -0.4 is 10.2 Å². The van der Waals surface area contributed by atoms with Crippen molar-refractivity contribution in [1.82, 2.24) is 5.43 Å². The molecule has 0 bridgehead atoms. The Morgan fingerprint density at radius 3 is 2.85 bits per heavy atom. The first-order chi connectivity index (χ1) is 9.69. The molecule has 0 spiro atoms. The number of ether oxygens (including phenoxy) is 1. The summed E-state index contributed by atoms with van der Waals surface area (Å²) < 4.78 is 5.30. The molecule has 1 unspecified atom stereocenters. The lowest BCUT2D eigenvalue weighted by molar-refractivity contribution is -0.121. The molecular weight excluding hydrogens is 252 g/mol. The van der Waals surface area contributed by atoms with Crippen LogP contribution in [0.25, 0.3) is 6.08 Å². The summed E-state index contributed by atoms with van der Waals surface area (Å²) >= 11 is 0. The number of hydrazone groups is 1. The average molecular weight is 268 g/mol. The molecule has 0 fully saturated rings. The molecule has 1 N–H and O–H groups in total. The highest BCUT2D eigenvalue weighted by atomic mass is 16.5. The second-order valence-electron chi connectivity index (χ2n) is 4.57. The van der Waals surface area contributed by atoms with Crippen LogP contribution in [0.15, 0.2) is 35.4 Å². The van der Waals surface area contributed by atoms with Crippen LogP contribution in [-0.2, 0) is 4.79 Å². The van der Waals surface area contributed by atoms with Crippen molar-refractivity contribution in [3.05, 3.63) is 35.9 Å². The first kappa shape index (κ1) is 13.9. The van der Waals surface area contributed by atoms with Crippen molar-refractivity contribution in [3.8, 4) is 18.1 Å². The molecule has 1 aliphatic rings. The molecule has 2 rings (SSSR count). The number of amides is 1. The molecule has 0 radical (unpaired) electrons. The molecule has 1 aromatic rings. The highest BCUT2D eigenvalue weighted by Crippen LogP contribution is 2.15. The van der Waals surface area contributed by atoms with Gasteiger partial charge >= 0.3 is 0 Å². The summed E-state index contributed by atoms with van der Waals surface area (Å²) in [6.45, 7) is 2.25. The van der Waals surface area contributed by atoms with Crippen LogP contribution in [0.5, 0.6) is 5.75 Å². The molecule has 0 saturated carbocycles. The minimum Gasteiger partial charge on any atom is -0.481 e. The van der Waals surface area contributed by atoms with Crippen LogP contribution in [0.4, 0.5) is 0 Å². The predicted octanol–water partition coefficient (Wildman–Crippen LogP) is 2.22. The summed E-state index contributed by atoms with van der Waals surface area (Å²) in [4.78, 5) is 11.1. The monoisotopic (exact) mass is 268 g/mol. The normalized spacial score (nSPS) is 18.3. The number of nitrogens with zero attached hydrogens (tertiary/aromatic N) is 1. The number of nitrogens with one attached hydrogen (secondary N) is 1. The van der Waals surface area contributed by atoms with Gasteiger partial charge < -0.3 is 4.74 Å². The SMILES string of the molecule is C#CCOc1ccc(C=CC2=NNC(=O)CC2C)cc1. The molecule has 0 aliphatic carbocycles.